The lowest BCUT2D eigenvalue weighted by Crippen LogP contribution is -2.48. The molecule has 3 N–H and O–H groups in total. The summed E-state index contributed by atoms with van der Waals surface area (Å²) in [5, 5.41) is 2.80. The minimum atomic E-state index is -0.697. The molecular formula is C12H23N3O2. The highest BCUT2D eigenvalue weighted by molar-refractivity contribution is 5.81. The van der Waals surface area contributed by atoms with Gasteiger partial charge in [-0.2, -0.15) is 0 Å². The van der Waals surface area contributed by atoms with E-state index in [0.717, 1.165) is 25.8 Å². The van der Waals surface area contributed by atoms with Crippen LogP contribution in [-0.4, -0.2) is 36.0 Å². The first kappa shape index (κ1) is 13.8. The largest absolute Gasteiger partial charge is 0.369 e. The van der Waals surface area contributed by atoms with E-state index < -0.39 is 11.3 Å². The van der Waals surface area contributed by atoms with Crippen LogP contribution in [0.25, 0.3) is 0 Å². The number of primary amides is 1. The van der Waals surface area contributed by atoms with Gasteiger partial charge in [-0.05, 0) is 33.1 Å². The zero-order chi connectivity index (χ0) is 13.1. The van der Waals surface area contributed by atoms with Crippen molar-refractivity contribution in [3.8, 4) is 0 Å². The second kappa shape index (κ2) is 5.38. The molecule has 1 aliphatic carbocycles. The molecule has 0 aromatic carbocycles. The molecule has 1 saturated carbocycles. The van der Waals surface area contributed by atoms with Crippen molar-refractivity contribution < 1.29 is 9.59 Å². The van der Waals surface area contributed by atoms with E-state index in [9.17, 15) is 9.59 Å². The van der Waals surface area contributed by atoms with Gasteiger partial charge in [0.05, 0.1) is 5.41 Å². The van der Waals surface area contributed by atoms with E-state index in [1.54, 1.807) is 13.8 Å². The van der Waals surface area contributed by atoms with E-state index in [2.05, 4.69) is 12.2 Å². The number of hydrogen-bond acceptors (Lipinski definition) is 2. The van der Waals surface area contributed by atoms with Gasteiger partial charge < -0.3 is 16.0 Å². The third-order valence-electron chi connectivity index (χ3n) is 3.06. The van der Waals surface area contributed by atoms with Crippen molar-refractivity contribution >= 4 is 11.9 Å². The molecule has 0 radical (unpaired) electrons. The molecule has 0 aliphatic heterocycles. The first-order chi connectivity index (χ1) is 7.88. The second-order valence-electron chi connectivity index (χ2n) is 5.33. The van der Waals surface area contributed by atoms with Gasteiger partial charge in [0.15, 0.2) is 0 Å². The monoisotopic (exact) mass is 241 g/mol. The van der Waals surface area contributed by atoms with Crippen molar-refractivity contribution in [2.75, 3.05) is 13.1 Å². The van der Waals surface area contributed by atoms with E-state index >= 15 is 0 Å². The van der Waals surface area contributed by atoms with Gasteiger partial charge in [0.1, 0.15) is 0 Å². The van der Waals surface area contributed by atoms with E-state index in [-0.39, 0.29) is 12.6 Å². The number of nitrogens with zero attached hydrogens (tertiary/aromatic N) is 1. The lowest BCUT2D eigenvalue weighted by Gasteiger charge is -2.26. The van der Waals surface area contributed by atoms with Gasteiger partial charge >= 0.3 is 6.03 Å². The Morgan fingerprint density at radius 3 is 2.41 bits per heavy atom. The molecule has 0 aromatic rings. The highest BCUT2D eigenvalue weighted by Gasteiger charge is 2.33. The molecule has 17 heavy (non-hydrogen) atoms. The third kappa shape index (κ3) is 3.91. The Bertz CT molecular complexity index is 298. The predicted octanol–water partition coefficient (Wildman–Crippen LogP) is 1.08. The van der Waals surface area contributed by atoms with Gasteiger partial charge in [0.25, 0.3) is 0 Å². The van der Waals surface area contributed by atoms with Crippen molar-refractivity contribution in [3.05, 3.63) is 0 Å². The Balaban J connectivity index is 2.44. The van der Waals surface area contributed by atoms with Crippen LogP contribution in [0, 0.1) is 5.41 Å². The van der Waals surface area contributed by atoms with Crippen molar-refractivity contribution in [1.29, 1.82) is 0 Å². The number of nitrogens with one attached hydrogen (secondary N) is 1. The highest BCUT2D eigenvalue weighted by Crippen LogP contribution is 2.27. The summed E-state index contributed by atoms with van der Waals surface area (Å²) in [6.45, 7) is 6.57. The molecule has 5 heteroatoms. The Hall–Kier alpha value is -1.26. The van der Waals surface area contributed by atoms with Crippen molar-refractivity contribution in [2.45, 2.75) is 46.1 Å². The molecule has 0 spiro atoms. The minimum Gasteiger partial charge on any atom is -0.369 e. The standard InChI is InChI=1S/C12H23N3O2/c1-4-7-15(9-5-6-9)11(17)14-8-12(2,3)10(13)16/h9H,4-8H2,1-3H3,(H2,13,16)(H,14,17). The lowest BCUT2D eigenvalue weighted by atomic mass is 9.93. The van der Waals surface area contributed by atoms with Crippen LogP contribution < -0.4 is 11.1 Å². The highest BCUT2D eigenvalue weighted by atomic mass is 16.2. The molecule has 0 aromatic heterocycles. The summed E-state index contributed by atoms with van der Waals surface area (Å²) < 4.78 is 0. The Morgan fingerprint density at radius 1 is 1.41 bits per heavy atom. The number of nitrogens with two attached hydrogens (primary N) is 1. The van der Waals surface area contributed by atoms with Crippen molar-refractivity contribution in [3.63, 3.8) is 0 Å². The molecule has 0 atom stereocenters. The summed E-state index contributed by atoms with van der Waals surface area (Å²) in [7, 11) is 0. The number of amides is 3. The maximum atomic E-state index is 11.9. The van der Waals surface area contributed by atoms with Crippen molar-refractivity contribution in [2.24, 2.45) is 11.1 Å². The fraction of sp³-hybridized carbons (Fsp3) is 0.833. The van der Waals surface area contributed by atoms with Gasteiger partial charge in [-0.25, -0.2) is 4.79 Å². The van der Waals surface area contributed by atoms with Gasteiger partial charge in [0, 0.05) is 19.1 Å². The predicted molar refractivity (Wildman–Crippen MR) is 66.4 cm³/mol. The first-order valence-corrected chi connectivity index (χ1v) is 6.23. The smallest absolute Gasteiger partial charge is 0.317 e. The zero-order valence-corrected chi connectivity index (χ0v) is 11.0. The van der Waals surface area contributed by atoms with Crippen LogP contribution in [0.1, 0.15) is 40.0 Å². The van der Waals surface area contributed by atoms with Crippen LogP contribution in [0.5, 0.6) is 0 Å². The number of rotatable bonds is 6. The molecule has 1 fully saturated rings. The molecule has 0 heterocycles. The van der Waals surface area contributed by atoms with Gasteiger partial charge in [-0.15, -0.1) is 0 Å². The number of carbonyl (C=O) groups is 2. The second-order valence-corrected chi connectivity index (χ2v) is 5.33. The van der Waals surface area contributed by atoms with Crippen LogP contribution in [-0.2, 0) is 4.79 Å². The maximum Gasteiger partial charge on any atom is 0.317 e. The third-order valence-corrected chi connectivity index (χ3v) is 3.06. The number of hydrogen-bond donors (Lipinski definition) is 2. The Kier molecular flexibility index (Phi) is 4.37. The van der Waals surface area contributed by atoms with Crippen LogP contribution in [0.3, 0.4) is 0 Å². The number of carbonyl (C=O) groups excluding carboxylic acids is 2. The quantitative estimate of drug-likeness (QED) is 0.730. The van der Waals surface area contributed by atoms with E-state index in [4.69, 9.17) is 5.73 Å². The van der Waals surface area contributed by atoms with Crippen LogP contribution >= 0.6 is 0 Å². The average Bonchev–Trinajstić information content (AvgIpc) is 3.06. The summed E-state index contributed by atoms with van der Waals surface area (Å²) in [5.41, 5.74) is 4.56. The molecule has 0 bridgehead atoms. The minimum absolute atomic E-state index is 0.0799. The first-order valence-electron chi connectivity index (χ1n) is 6.23. The molecule has 3 amide bonds. The Morgan fingerprint density at radius 2 is 2.00 bits per heavy atom. The van der Waals surface area contributed by atoms with E-state index in [1.807, 2.05) is 4.90 Å². The summed E-state index contributed by atoms with van der Waals surface area (Å²) in [5.74, 6) is -0.397. The van der Waals surface area contributed by atoms with E-state index in [0.29, 0.717) is 6.04 Å². The van der Waals surface area contributed by atoms with Crippen LogP contribution in [0.15, 0.2) is 0 Å². The molecular weight excluding hydrogens is 218 g/mol. The molecule has 1 rings (SSSR count). The fourth-order valence-corrected chi connectivity index (χ4v) is 1.56. The van der Waals surface area contributed by atoms with Gasteiger partial charge in [0.2, 0.25) is 5.91 Å². The SMILES string of the molecule is CCCN(C(=O)NCC(C)(C)C(N)=O)C1CC1. The summed E-state index contributed by atoms with van der Waals surface area (Å²) >= 11 is 0. The van der Waals surface area contributed by atoms with Crippen molar-refractivity contribution in [1.82, 2.24) is 10.2 Å². The summed E-state index contributed by atoms with van der Waals surface area (Å²) in [6.07, 6.45) is 3.13. The van der Waals surface area contributed by atoms with Crippen LogP contribution in [0.2, 0.25) is 0 Å². The summed E-state index contributed by atoms with van der Waals surface area (Å²) in [4.78, 5) is 24.9. The molecule has 0 unspecified atom stereocenters. The lowest BCUT2D eigenvalue weighted by molar-refractivity contribution is -0.125. The number of urea groups is 1. The Labute approximate surface area is 103 Å². The molecule has 1 aliphatic rings. The average molecular weight is 241 g/mol. The van der Waals surface area contributed by atoms with Gasteiger partial charge in [-0.3, -0.25) is 4.79 Å². The fourth-order valence-electron chi connectivity index (χ4n) is 1.56. The topological polar surface area (TPSA) is 75.4 Å². The maximum absolute atomic E-state index is 11.9. The van der Waals surface area contributed by atoms with Crippen LogP contribution in [0.4, 0.5) is 4.79 Å². The molecule has 5 nitrogen and oxygen atoms in total. The molecule has 98 valence electrons. The normalized spacial score (nSPS) is 15.5. The molecule has 0 saturated heterocycles. The zero-order valence-electron chi connectivity index (χ0n) is 11.0. The van der Waals surface area contributed by atoms with Gasteiger partial charge in [-0.1, -0.05) is 6.92 Å². The van der Waals surface area contributed by atoms with E-state index in [1.165, 1.54) is 0 Å². The summed E-state index contributed by atoms with van der Waals surface area (Å²) in [6, 6.07) is 0.315.